The van der Waals surface area contributed by atoms with Gasteiger partial charge in [0.2, 0.25) is 0 Å². The number of imidazole rings is 1. The number of nitrogens with one attached hydrogen (secondary N) is 1. The van der Waals surface area contributed by atoms with E-state index >= 15 is 0 Å². The second-order valence-electron chi connectivity index (χ2n) is 5.97. The van der Waals surface area contributed by atoms with Crippen molar-refractivity contribution in [2.75, 3.05) is 5.32 Å². The molecule has 24 heavy (non-hydrogen) atoms. The molecule has 0 aliphatic carbocycles. The van der Waals surface area contributed by atoms with Crippen LogP contribution in [-0.2, 0) is 0 Å². The van der Waals surface area contributed by atoms with Gasteiger partial charge < -0.3 is 9.88 Å². The third-order valence-electron chi connectivity index (χ3n) is 4.36. The highest BCUT2D eigenvalue weighted by Gasteiger charge is 2.19. The first kappa shape index (κ1) is 16.0. The fraction of sp³-hybridized carbons (Fsp3) is 0.200. The zero-order valence-corrected chi connectivity index (χ0v) is 14.4. The highest BCUT2D eigenvalue weighted by Crippen LogP contribution is 2.21. The Hall–Kier alpha value is -2.88. The molecule has 1 N–H and O–H groups in total. The third-order valence-corrected chi connectivity index (χ3v) is 4.36. The summed E-state index contributed by atoms with van der Waals surface area (Å²) in [7, 11) is 0. The van der Waals surface area contributed by atoms with Crippen molar-refractivity contribution in [1.29, 1.82) is 0 Å². The van der Waals surface area contributed by atoms with Crippen molar-refractivity contribution in [3.05, 3.63) is 76.9 Å². The predicted octanol–water partition coefficient (Wildman–Crippen LogP) is 4.36. The Balaban J connectivity index is 1.96. The lowest BCUT2D eigenvalue weighted by Gasteiger charge is -2.10. The Morgan fingerprint density at radius 3 is 2.38 bits per heavy atom. The third kappa shape index (κ3) is 2.83. The molecule has 0 radical (unpaired) electrons. The summed E-state index contributed by atoms with van der Waals surface area (Å²) >= 11 is 0. The number of hydrogen-bond donors (Lipinski definition) is 1. The molecule has 0 unspecified atom stereocenters. The maximum absolute atomic E-state index is 12.7. The molecule has 0 aliphatic rings. The van der Waals surface area contributed by atoms with Crippen molar-refractivity contribution >= 4 is 11.6 Å². The van der Waals surface area contributed by atoms with Crippen LogP contribution in [0, 0.1) is 27.7 Å². The lowest BCUT2D eigenvalue weighted by molar-refractivity contribution is 0.102. The van der Waals surface area contributed by atoms with Gasteiger partial charge in [-0.2, -0.15) is 0 Å². The zero-order chi connectivity index (χ0) is 17.3. The first-order valence-electron chi connectivity index (χ1n) is 7.98. The minimum atomic E-state index is -0.181. The summed E-state index contributed by atoms with van der Waals surface area (Å²) in [5.41, 5.74) is 5.34. The molecule has 1 amide bonds. The van der Waals surface area contributed by atoms with E-state index < -0.39 is 0 Å². The summed E-state index contributed by atoms with van der Waals surface area (Å²) < 4.78 is 2.00. The summed E-state index contributed by atoms with van der Waals surface area (Å²) in [6, 6.07) is 15.8. The van der Waals surface area contributed by atoms with Crippen LogP contribution >= 0.6 is 0 Å². The van der Waals surface area contributed by atoms with Crippen LogP contribution in [0.5, 0.6) is 0 Å². The minimum Gasteiger partial charge on any atom is -0.320 e. The number of aryl methyl sites for hydroxylation is 2. The van der Waals surface area contributed by atoms with Gasteiger partial charge in [-0.25, -0.2) is 4.98 Å². The number of anilines is 1. The van der Waals surface area contributed by atoms with E-state index in [1.807, 2.05) is 80.8 Å². The second kappa shape index (κ2) is 6.32. The van der Waals surface area contributed by atoms with Crippen molar-refractivity contribution in [3.8, 4) is 5.69 Å². The zero-order valence-electron chi connectivity index (χ0n) is 14.4. The van der Waals surface area contributed by atoms with Crippen LogP contribution in [-0.4, -0.2) is 15.5 Å². The lowest BCUT2D eigenvalue weighted by Crippen LogP contribution is -2.15. The van der Waals surface area contributed by atoms with Crippen LogP contribution in [0.3, 0.4) is 0 Å². The van der Waals surface area contributed by atoms with Gasteiger partial charge in [0.15, 0.2) is 0 Å². The van der Waals surface area contributed by atoms with Gasteiger partial charge in [-0.1, -0.05) is 30.3 Å². The van der Waals surface area contributed by atoms with Gasteiger partial charge >= 0.3 is 0 Å². The summed E-state index contributed by atoms with van der Waals surface area (Å²) in [5.74, 6) is 0.615. The van der Waals surface area contributed by atoms with E-state index in [2.05, 4.69) is 10.3 Å². The molecule has 122 valence electrons. The molecule has 3 rings (SSSR count). The molecule has 0 saturated carbocycles. The Kier molecular flexibility index (Phi) is 4.21. The second-order valence-corrected chi connectivity index (χ2v) is 5.97. The Morgan fingerprint density at radius 2 is 1.67 bits per heavy atom. The molecular formula is C20H21N3O. The average Bonchev–Trinajstić information content (AvgIpc) is 2.87. The molecule has 3 aromatic rings. The summed E-state index contributed by atoms with van der Waals surface area (Å²) in [5, 5.41) is 2.99. The quantitative estimate of drug-likeness (QED) is 0.780. The number of benzene rings is 2. The molecule has 1 heterocycles. The number of amides is 1. The van der Waals surface area contributed by atoms with Gasteiger partial charge in [0.05, 0.1) is 5.69 Å². The van der Waals surface area contributed by atoms with Gasteiger partial charge in [-0.15, -0.1) is 0 Å². The van der Waals surface area contributed by atoms with Crippen molar-refractivity contribution in [3.63, 3.8) is 0 Å². The smallest absolute Gasteiger partial charge is 0.276 e. The largest absolute Gasteiger partial charge is 0.320 e. The molecule has 0 bridgehead atoms. The van der Waals surface area contributed by atoms with E-state index in [0.717, 1.165) is 34.0 Å². The van der Waals surface area contributed by atoms with Crippen molar-refractivity contribution in [1.82, 2.24) is 9.55 Å². The molecule has 0 spiro atoms. The minimum absolute atomic E-state index is 0.181. The lowest BCUT2D eigenvalue weighted by atomic mass is 10.1. The molecule has 4 heteroatoms. The van der Waals surface area contributed by atoms with Crippen LogP contribution in [0.2, 0.25) is 0 Å². The van der Waals surface area contributed by atoms with Gasteiger partial charge in [0.25, 0.3) is 5.91 Å². The standard InChI is InChI=1S/C20H21N3O/c1-13-9-8-12-18(14(13)2)22-20(24)19-15(3)23(16(4)21-19)17-10-6-5-7-11-17/h5-12H,1-4H3,(H,22,24). The highest BCUT2D eigenvalue weighted by molar-refractivity contribution is 6.04. The van der Waals surface area contributed by atoms with E-state index in [0.29, 0.717) is 5.69 Å². The maximum atomic E-state index is 12.7. The normalized spacial score (nSPS) is 10.7. The van der Waals surface area contributed by atoms with Crippen molar-refractivity contribution < 1.29 is 4.79 Å². The van der Waals surface area contributed by atoms with E-state index in [-0.39, 0.29) is 5.91 Å². The van der Waals surface area contributed by atoms with Gasteiger partial charge in [0, 0.05) is 11.4 Å². The summed E-state index contributed by atoms with van der Waals surface area (Å²) in [6.07, 6.45) is 0. The van der Waals surface area contributed by atoms with E-state index in [4.69, 9.17) is 0 Å². The van der Waals surface area contributed by atoms with Crippen LogP contribution in [0.4, 0.5) is 5.69 Å². The average molecular weight is 319 g/mol. The van der Waals surface area contributed by atoms with Crippen molar-refractivity contribution in [2.45, 2.75) is 27.7 Å². The van der Waals surface area contributed by atoms with Crippen LogP contribution in [0.15, 0.2) is 48.5 Å². The fourth-order valence-electron chi connectivity index (χ4n) is 2.88. The summed E-state index contributed by atoms with van der Waals surface area (Å²) in [4.78, 5) is 17.2. The number of carbonyl (C=O) groups is 1. The number of aromatic nitrogens is 2. The number of hydrogen-bond acceptors (Lipinski definition) is 2. The topological polar surface area (TPSA) is 46.9 Å². The Morgan fingerprint density at radius 1 is 0.958 bits per heavy atom. The molecule has 1 aromatic heterocycles. The monoisotopic (exact) mass is 319 g/mol. The fourth-order valence-corrected chi connectivity index (χ4v) is 2.88. The van der Waals surface area contributed by atoms with Crippen molar-refractivity contribution in [2.24, 2.45) is 0 Å². The number of nitrogens with zero attached hydrogens (tertiary/aromatic N) is 2. The molecule has 0 saturated heterocycles. The molecule has 2 aromatic carbocycles. The van der Waals surface area contributed by atoms with Gasteiger partial charge in [-0.3, -0.25) is 4.79 Å². The number of para-hydroxylation sites is 1. The molecule has 0 fully saturated rings. The highest BCUT2D eigenvalue weighted by atomic mass is 16.1. The SMILES string of the molecule is Cc1cccc(NC(=O)c2nc(C)n(-c3ccccc3)c2C)c1C. The Bertz CT molecular complexity index is 895. The number of rotatable bonds is 3. The van der Waals surface area contributed by atoms with Crippen LogP contribution < -0.4 is 5.32 Å². The number of carbonyl (C=O) groups excluding carboxylic acids is 1. The van der Waals surface area contributed by atoms with E-state index in [1.54, 1.807) is 0 Å². The molecule has 0 atom stereocenters. The molecular weight excluding hydrogens is 298 g/mol. The first-order valence-corrected chi connectivity index (χ1v) is 7.98. The van der Waals surface area contributed by atoms with E-state index in [1.165, 1.54) is 0 Å². The van der Waals surface area contributed by atoms with Gasteiger partial charge in [0.1, 0.15) is 11.5 Å². The van der Waals surface area contributed by atoms with Gasteiger partial charge in [-0.05, 0) is 57.0 Å². The van der Waals surface area contributed by atoms with E-state index in [9.17, 15) is 4.79 Å². The molecule has 0 aliphatic heterocycles. The summed E-state index contributed by atoms with van der Waals surface area (Å²) in [6.45, 7) is 7.87. The first-order chi connectivity index (χ1) is 11.5. The predicted molar refractivity (Wildman–Crippen MR) is 96.9 cm³/mol. The molecule has 4 nitrogen and oxygen atoms in total. The van der Waals surface area contributed by atoms with Crippen LogP contribution in [0.25, 0.3) is 5.69 Å². The van der Waals surface area contributed by atoms with Crippen LogP contribution in [0.1, 0.15) is 33.1 Å². The Labute approximate surface area is 142 Å². The maximum Gasteiger partial charge on any atom is 0.276 e.